The average molecular weight is 302 g/mol. The van der Waals surface area contributed by atoms with E-state index in [9.17, 15) is 9.59 Å². The van der Waals surface area contributed by atoms with Crippen LogP contribution in [0.25, 0.3) is 0 Å². The molecule has 9 heteroatoms. The number of hydrogen-bond acceptors (Lipinski definition) is 7. The number of hydrogen-bond donors (Lipinski definition) is 2. The highest BCUT2D eigenvalue weighted by molar-refractivity contribution is 8.01. The zero-order valence-corrected chi connectivity index (χ0v) is 11.8. The molecule has 1 aliphatic rings. The van der Waals surface area contributed by atoms with E-state index in [2.05, 4.69) is 15.5 Å². The fraction of sp³-hybridized carbons (Fsp3) is 0.600. The summed E-state index contributed by atoms with van der Waals surface area (Å²) in [6.07, 6.45) is 2.14. The summed E-state index contributed by atoms with van der Waals surface area (Å²) in [6, 6.07) is 0. The second kappa shape index (κ2) is 6.71. The van der Waals surface area contributed by atoms with Gasteiger partial charge in [-0.25, -0.2) is 0 Å². The molecule has 0 bridgehead atoms. The quantitative estimate of drug-likeness (QED) is 0.749. The highest BCUT2D eigenvalue weighted by atomic mass is 32.2. The Morgan fingerprint density at radius 3 is 2.79 bits per heavy atom. The van der Waals surface area contributed by atoms with Crippen molar-refractivity contribution in [3.8, 4) is 0 Å². The van der Waals surface area contributed by atoms with Gasteiger partial charge in [0.2, 0.25) is 11.0 Å². The Morgan fingerprint density at radius 1 is 1.37 bits per heavy atom. The Kier molecular flexibility index (Phi) is 4.97. The predicted octanol–water partition coefficient (Wildman–Crippen LogP) is 0.749. The van der Waals surface area contributed by atoms with Crippen molar-refractivity contribution in [3.05, 3.63) is 0 Å². The van der Waals surface area contributed by atoms with Crippen LogP contribution in [0.5, 0.6) is 0 Å². The van der Waals surface area contributed by atoms with Crippen molar-refractivity contribution >= 4 is 40.1 Å². The number of carbonyl (C=O) groups excluding carboxylic acids is 1. The first-order chi connectivity index (χ1) is 9.15. The van der Waals surface area contributed by atoms with Crippen LogP contribution in [-0.2, 0) is 9.59 Å². The zero-order chi connectivity index (χ0) is 13.7. The third-order valence-electron chi connectivity index (χ3n) is 2.58. The summed E-state index contributed by atoms with van der Waals surface area (Å²) in [5, 5.41) is 19.7. The topological polar surface area (TPSA) is 95.4 Å². The van der Waals surface area contributed by atoms with Crippen LogP contribution in [0.4, 0.5) is 5.13 Å². The Balaban J connectivity index is 1.76. The van der Waals surface area contributed by atoms with E-state index in [1.165, 1.54) is 11.3 Å². The third kappa shape index (κ3) is 4.35. The van der Waals surface area contributed by atoms with Gasteiger partial charge in [-0.05, 0) is 12.8 Å². The summed E-state index contributed by atoms with van der Waals surface area (Å²) >= 11 is 2.37. The number of likely N-dealkylation sites (tertiary alicyclic amines) is 1. The number of aliphatic carboxylic acids is 1. The largest absolute Gasteiger partial charge is 0.481 e. The first-order valence-corrected chi connectivity index (χ1v) is 7.65. The van der Waals surface area contributed by atoms with Crippen molar-refractivity contribution in [3.63, 3.8) is 0 Å². The lowest BCUT2D eigenvalue weighted by molar-refractivity contribution is -0.134. The van der Waals surface area contributed by atoms with E-state index < -0.39 is 5.97 Å². The molecule has 19 heavy (non-hydrogen) atoms. The number of anilines is 1. The molecule has 1 amide bonds. The number of nitrogens with one attached hydrogen (secondary N) is 1. The molecule has 1 fully saturated rings. The van der Waals surface area contributed by atoms with Crippen molar-refractivity contribution in [1.82, 2.24) is 15.1 Å². The predicted molar refractivity (Wildman–Crippen MR) is 72.6 cm³/mol. The molecule has 7 nitrogen and oxygen atoms in total. The summed E-state index contributed by atoms with van der Waals surface area (Å²) < 4.78 is 0.582. The SMILES string of the molecule is O=C(O)CSc1nnc(NCC(=O)N2CCCC2)s1. The molecule has 0 atom stereocenters. The maximum absolute atomic E-state index is 11.8. The minimum Gasteiger partial charge on any atom is -0.481 e. The fourth-order valence-electron chi connectivity index (χ4n) is 1.69. The van der Waals surface area contributed by atoms with E-state index in [1.54, 1.807) is 0 Å². The Hall–Kier alpha value is -1.35. The number of amides is 1. The van der Waals surface area contributed by atoms with Gasteiger partial charge in [-0.15, -0.1) is 10.2 Å². The Labute approximate surface area is 118 Å². The van der Waals surface area contributed by atoms with Crippen LogP contribution in [0.2, 0.25) is 0 Å². The van der Waals surface area contributed by atoms with Crippen LogP contribution in [0.15, 0.2) is 4.34 Å². The lowest BCUT2D eigenvalue weighted by Crippen LogP contribution is -2.32. The number of carboxylic acids is 1. The van der Waals surface area contributed by atoms with Crippen molar-refractivity contribution < 1.29 is 14.7 Å². The van der Waals surface area contributed by atoms with E-state index in [0.717, 1.165) is 37.7 Å². The van der Waals surface area contributed by atoms with Gasteiger partial charge in [-0.1, -0.05) is 23.1 Å². The highest BCUT2D eigenvalue weighted by Crippen LogP contribution is 2.25. The van der Waals surface area contributed by atoms with Gasteiger partial charge in [0, 0.05) is 13.1 Å². The van der Waals surface area contributed by atoms with Crippen LogP contribution < -0.4 is 5.32 Å². The van der Waals surface area contributed by atoms with Crippen LogP contribution in [0.3, 0.4) is 0 Å². The summed E-state index contributed by atoms with van der Waals surface area (Å²) in [5.74, 6) is -0.868. The van der Waals surface area contributed by atoms with Crippen LogP contribution in [0, 0.1) is 0 Å². The van der Waals surface area contributed by atoms with Crippen molar-refractivity contribution in [2.24, 2.45) is 0 Å². The van der Waals surface area contributed by atoms with Gasteiger partial charge >= 0.3 is 5.97 Å². The molecule has 0 saturated carbocycles. The maximum Gasteiger partial charge on any atom is 0.313 e. The van der Waals surface area contributed by atoms with E-state index in [4.69, 9.17) is 5.11 Å². The molecule has 0 spiro atoms. The zero-order valence-electron chi connectivity index (χ0n) is 10.2. The molecular formula is C10H14N4O3S2. The minimum atomic E-state index is -0.890. The minimum absolute atomic E-state index is 0.0403. The van der Waals surface area contributed by atoms with Crippen LogP contribution >= 0.6 is 23.1 Å². The third-order valence-corrected chi connectivity index (χ3v) is 4.57. The molecule has 2 rings (SSSR count). The van der Waals surface area contributed by atoms with E-state index in [1.807, 2.05) is 4.90 Å². The van der Waals surface area contributed by atoms with Gasteiger partial charge in [-0.3, -0.25) is 9.59 Å². The lowest BCUT2D eigenvalue weighted by atomic mass is 10.4. The molecule has 2 heterocycles. The normalized spacial score (nSPS) is 14.6. The van der Waals surface area contributed by atoms with Gasteiger partial charge in [-0.2, -0.15) is 0 Å². The summed E-state index contributed by atoms with van der Waals surface area (Å²) in [5.41, 5.74) is 0. The maximum atomic E-state index is 11.8. The van der Waals surface area contributed by atoms with E-state index >= 15 is 0 Å². The standard InChI is InChI=1S/C10H14N4O3S2/c15-7(14-3-1-2-4-14)5-11-9-12-13-10(19-9)18-6-8(16)17/h1-6H2,(H,11,12)(H,16,17). The second-order valence-electron chi connectivity index (χ2n) is 4.00. The van der Waals surface area contributed by atoms with Crippen molar-refractivity contribution in [1.29, 1.82) is 0 Å². The van der Waals surface area contributed by atoms with Crippen molar-refractivity contribution in [2.45, 2.75) is 17.2 Å². The van der Waals surface area contributed by atoms with Gasteiger partial charge in [0.05, 0.1) is 12.3 Å². The first-order valence-electron chi connectivity index (χ1n) is 5.85. The van der Waals surface area contributed by atoms with Gasteiger partial charge < -0.3 is 15.3 Å². The number of aromatic nitrogens is 2. The number of carboxylic acid groups (broad SMARTS) is 1. The monoisotopic (exact) mass is 302 g/mol. The summed E-state index contributed by atoms with van der Waals surface area (Å²) in [4.78, 5) is 24.0. The molecule has 0 aliphatic carbocycles. The van der Waals surface area contributed by atoms with Gasteiger partial charge in [0.1, 0.15) is 0 Å². The Morgan fingerprint density at radius 2 is 2.11 bits per heavy atom. The molecule has 1 aliphatic heterocycles. The fourth-order valence-corrected chi connectivity index (χ4v) is 3.16. The van der Waals surface area contributed by atoms with Crippen LogP contribution in [-0.4, -0.2) is 57.5 Å². The molecule has 0 unspecified atom stereocenters. The van der Waals surface area contributed by atoms with E-state index in [-0.39, 0.29) is 18.2 Å². The number of nitrogens with zero attached hydrogens (tertiary/aromatic N) is 3. The van der Waals surface area contributed by atoms with Gasteiger partial charge in [0.15, 0.2) is 4.34 Å². The molecule has 1 aromatic rings. The molecule has 1 saturated heterocycles. The molecule has 0 radical (unpaired) electrons. The number of carbonyl (C=O) groups is 2. The summed E-state index contributed by atoms with van der Waals surface area (Å²) in [6.45, 7) is 1.87. The van der Waals surface area contributed by atoms with Crippen molar-refractivity contribution in [2.75, 3.05) is 30.7 Å². The Bertz CT molecular complexity index is 459. The molecule has 104 valence electrons. The van der Waals surface area contributed by atoms with E-state index in [0.29, 0.717) is 9.47 Å². The van der Waals surface area contributed by atoms with Gasteiger partial charge in [0.25, 0.3) is 0 Å². The number of rotatable bonds is 6. The highest BCUT2D eigenvalue weighted by Gasteiger charge is 2.17. The molecular weight excluding hydrogens is 288 g/mol. The summed E-state index contributed by atoms with van der Waals surface area (Å²) in [7, 11) is 0. The average Bonchev–Trinajstić information content (AvgIpc) is 3.04. The lowest BCUT2D eigenvalue weighted by Gasteiger charge is -2.14. The van der Waals surface area contributed by atoms with Crippen LogP contribution in [0.1, 0.15) is 12.8 Å². The molecule has 0 aromatic carbocycles. The smallest absolute Gasteiger partial charge is 0.313 e. The number of thioether (sulfide) groups is 1. The molecule has 1 aromatic heterocycles. The first kappa shape index (κ1) is 14.1. The molecule has 2 N–H and O–H groups in total. The second-order valence-corrected chi connectivity index (χ2v) is 6.20.